The molecule has 2 heterocycles. The second kappa shape index (κ2) is 58.7. The van der Waals surface area contributed by atoms with E-state index in [1.165, 1.54) is 167 Å². The molecule has 2 saturated heterocycles. The van der Waals surface area contributed by atoms with E-state index in [1.54, 1.807) is 6.08 Å². The fraction of sp³-hybridized carbons (Fsp3) is 0.773. The normalized spacial score (nSPS) is 23.6. The topological polar surface area (TPSA) is 228 Å². The fourth-order valence-corrected chi connectivity index (χ4v) is 11.3. The van der Waals surface area contributed by atoms with Crippen molar-refractivity contribution in [2.24, 2.45) is 0 Å². The number of unbranched alkanes of at least 4 members (excludes halogenated alkanes) is 31. The lowest BCUT2D eigenvalue weighted by Gasteiger charge is -2.46. The summed E-state index contributed by atoms with van der Waals surface area (Å²) in [7, 11) is 0. The molecule has 14 nitrogen and oxygen atoms in total. The van der Waals surface area contributed by atoms with Crippen molar-refractivity contribution >= 4 is 5.91 Å². The van der Waals surface area contributed by atoms with Crippen molar-refractivity contribution in [2.45, 2.75) is 351 Å². The Morgan fingerprint density at radius 3 is 1.24 bits per heavy atom. The number of nitrogens with one attached hydrogen (secondary N) is 1. The SMILES string of the molecule is CC/C=C\C/C=C\C/C=C\C/C=C\C/C=C\CCCCCCCCCCCCCCCCCC(=O)NC(COC1OC(CO)C(OC2OC(CO)C(O)C(O)C2O)C(O)C1O)C(O)/C=C/CC/C=C/CC/C=C/CCCCCCCCCCCCCCCC. The molecular weight excluding hydrogens is 1120 g/mol. The smallest absolute Gasteiger partial charge is 0.220 e. The molecule has 0 aromatic rings. The first-order chi connectivity index (χ1) is 43.6. The average Bonchev–Trinajstić information content (AvgIpc) is 2.53. The van der Waals surface area contributed by atoms with E-state index in [4.69, 9.17) is 18.9 Å². The van der Waals surface area contributed by atoms with Crippen molar-refractivity contribution in [3.8, 4) is 0 Å². The van der Waals surface area contributed by atoms with Gasteiger partial charge in [-0.2, -0.15) is 0 Å². The van der Waals surface area contributed by atoms with Crippen molar-refractivity contribution < 1.29 is 64.6 Å². The van der Waals surface area contributed by atoms with Crippen LogP contribution in [0, 0.1) is 0 Å². The molecule has 2 fully saturated rings. The predicted molar refractivity (Wildman–Crippen MR) is 364 cm³/mol. The molecule has 1 amide bonds. The van der Waals surface area contributed by atoms with Crippen LogP contribution in [0.2, 0.25) is 0 Å². The number of aliphatic hydroxyl groups excluding tert-OH is 8. The first-order valence-electron chi connectivity index (χ1n) is 36.0. The van der Waals surface area contributed by atoms with Gasteiger partial charge in [0.2, 0.25) is 5.91 Å². The molecule has 0 aliphatic carbocycles. The quantitative estimate of drug-likeness (QED) is 0.0204. The van der Waals surface area contributed by atoms with Crippen LogP contribution in [0.4, 0.5) is 0 Å². The predicted octanol–water partition coefficient (Wildman–Crippen LogP) is 15.0. The summed E-state index contributed by atoms with van der Waals surface area (Å²) in [6, 6.07) is -0.944. The van der Waals surface area contributed by atoms with E-state index < -0.39 is 86.8 Å². The molecule has 0 aromatic heterocycles. The molecule has 0 bridgehead atoms. The number of hydrogen-bond acceptors (Lipinski definition) is 13. The van der Waals surface area contributed by atoms with Crippen LogP contribution in [-0.4, -0.2) is 140 Å². The highest BCUT2D eigenvalue weighted by molar-refractivity contribution is 5.76. The Kier molecular flexibility index (Phi) is 54.1. The zero-order valence-electron chi connectivity index (χ0n) is 55.9. The van der Waals surface area contributed by atoms with E-state index >= 15 is 0 Å². The van der Waals surface area contributed by atoms with Gasteiger partial charge in [0.1, 0.15) is 48.8 Å². The second-order valence-electron chi connectivity index (χ2n) is 25.0. The van der Waals surface area contributed by atoms with Crippen LogP contribution in [-0.2, 0) is 23.7 Å². The molecule has 0 spiro atoms. The Morgan fingerprint density at radius 1 is 0.416 bits per heavy atom. The van der Waals surface area contributed by atoms with Gasteiger partial charge in [0.25, 0.3) is 0 Å². The third kappa shape index (κ3) is 42.7. The minimum Gasteiger partial charge on any atom is -0.394 e. The van der Waals surface area contributed by atoms with E-state index in [9.17, 15) is 45.6 Å². The zero-order chi connectivity index (χ0) is 64.5. The van der Waals surface area contributed by atoms with Crippen LogP contribution in [0.25, 0.3) is 0 Å². The first-order valence-corrected chi connectivity index (χ1v) is 36.0. The number of carbonyl (C=O) groups is 1. The lowest BCUT2D eigenvalue weighted by atomic mass is 9.97. The van der Waals surface area contributed by atoms with Crippen molar-refractivity contribution in [3.63, 3.8) is 0 Å². The Bertz CT molecular complexity index is 1860. The van der Waals surface area contributed by atoms with Crippen LogP contribution in [0.1, 0.15) is 277 Å². The molecule has 0 saturated carbocycles. The molecule has 9 N–H and O–H groups in total. The third-order valence-electron chi connectivity index (χ3n) is 17.0. The summed E-state index contributed by atoms with van der Waals surface area (Å²) in [5.41, 5.74) is 0. The van der Waals surface area contributed by atoms with Gasteiger partial charge in [0.05, 0.1) is 32.0 Å². The van der Waals surface area contributed by atoms with Crippen LogP contribution < -0.4 is 5.32 Å². The lowest BCUT2D eigenvalue weighted by Crippen LogP contribution is -2.65. The summed E-state index contributed by atoms with van der Waals surface area (Å²) in [6.45, 7) is 2.68. The Labute approximate surface area is 541 Å². The molecule has 0 aromatic carbocycles. The maximum absolute atomic E-state index is 13.3. The molecule has 514 valence electrons. The monoisotopic (exact) mass is 1250 g/mol. The molecule has 14 heteroatoms. The summed E-state index contributed by atoms with van der Waals surface area (Å²) < 4.78 is 22.8. The molecule has 2 aliphatic rings. The minimum absolute atomic E-state index is 0.254. The highest BCUT2D eigenvalue weighted by Crippen LogP contribution is 2.30. The maximum Gasteiger partial charge on any atom is 0.220 e. The standard InChI is InChI=1S/C75H131NO13/c1-3-5-7-9-11-13-15-17-19-21-23-25-27-29-30-31-32-33-34-35-37-39-41-43-45-47-49-51-53-55-57-59-67(80)76-63(62-86-74-72(85)70(83)73(66(61-78)88-74)89-75-71(84)69(82)68(81)65(60-77)87-75)64(79)58-56-54-52-50-48-46-44-42-40-38-36-28-26-24-22-20-18-16-14-12-10-8-6-4-2/h5,7,11,13,17,19,23,25,29-30,40,42,48,50,56,58,63-66,68-75,77-79,81-85H,3-4,6,8-10,12,14-16,18,20-22,24,26-28,31-39,41,43-47,49,51-55,57,59-62H2,1-2H3,(H,76,80)/b7-5-,13-11-,19-17-,25-23-,30-29-,42-40+,50-48+,58-56+. The Morgan fingerprint density at radius 2 is 0.787 bits per heavy atom. The molecule has 12 atom stereocenters. The second-order valence-corrected chi connectivity index (χ2v) is 25.0. The molecule has 89 heavy (non-hydrogen) atoms. The van der Waals surface area contributed by atoms with E-state index in [0.717, 1.165) is 77.0 Å². The lowest BCUT2D eigenvalue weighted by molar-refractivity contribution is -0.359. The number of carbonyl (C=O) groups excluding carboxylic acids is 1. The number of aliphatic hydroxyl groups is 8. The van der Waals surface area contributed by atoms with Crippen LogP contribution in [0.5, 0.6) is 0 Å². The highest BCUT2D eigenvalue weighted by atomic mass is 16.7. The summed E-state index contributed by atoms with van der Waals surface area (Å²) in [5.74, 6) is -0.254. The number of ether oxygens (including phenoxy) is 4. The molecule has 2 aliphatic heterocycles. The summed E-state index contributed by atoms with van der Waals surface area (Å²) >= 11 is 0. The Balaban J connectivity index is 1.69. The van der Waals surface area contributed by atoms with E-state index in [-0.39, 0.29) is 18.9 Å². The molecule has 2 rings (SSSR count). The van der Waals surface area contributed by atoms with E-state index in [0.29, 0.717) is 12.8 Å². The van der Waals surface area contributed by atoms with Crippen molar-refractivity contribution in [1.29, 1.82) is 0 Å². The average molecular weight is 1250 g/mol. The highest BCUT2D eigenvalue weighted by Gasteiger charge is 2.51. The first kappa shape index (κ1) is 82.0. The van der Waals surface area contributed by atoms with Gasteiger partial charge in [-0.15, -0.1) is 0 Å². The summed E-state index contributed by atoms with van der Waals surface area (Å²) in [6.07, 6.45) is 66.0. The van der Waals surface area contributed by atoms with E-state index in [1.807, 2.05) is 6.08 Å². The fourth-order valence-electron chi connectivity index (χ4n) is 11.3. The molecular formula is C75H131NO13. The van der Waals surface area contributed by atoms with Crippen molar-refractivity contribution in [3.05, 3.63) is 97.2 Å². The van der Waals surface area contributed by atoms with Crippen molar-refractivity contribution in [1.82, 2.24) is 5.32 Å². The Hall–Kier alpha value is -3.09. The van der Waals surface area contributed by atoms with Gasteiger partial charge in [0, 0.05) is 6.42 Å². The molecule has 0 radical (unpaired) electrons. The van der Waals surface area contributed by atoms with Gasteiger partial charge in [-0.1, -0.05) is 278 Å². The van der Waals surface area contributed by atoms with Gasteiger partial charge >= 0.3 is 0 Å². The summed E-state index contributed by atoms with van der Waals surface area (Å²) in [4.78, 5) is 13.3. The van der Waals surface area contributed by atoms with Gasteiger partial charge < -0.3 is 65.1 Å². The zero-order valence-corrected chi connectivity index (χ0v) is 55.9. The number of rotatable bonds is 58. The maximum atomic E-state index is 13.3. The van der Waals surface area contributed by atoms with Gasteiger partial charge in [-0.3, -0.25) is 4.79 Å². The van der Waals surface area contributed by atoms with Gasteiger partial charge in [0.15, 0.2) is 12.6 Å². The van der Waals surface area contributed by atoms with Crippen LogP contribution in [0.3, 0.4) is 0 Å². The number of allylic oxidation sites excluding steroid dienone is 15. The largest absolute Gasteiger partial charge is 0.394 e. The van der Waals surface area contributed by atoms with Crippen LogP contribution >= 0.6 is 0 Å². The number of amides is 1. The number of hydrogen-bond donors (Lipinski definition) is 9. The minimum atomic E-state index is -1.80. The molecule has 12 unspecified atom stereocenters. The van der Waals surface area contributed by atoms with Gasteiger partial charge in [-0.05, 0) is 89.9 Å². The van der Waals surface area contributed by atoms with Gasteiger partial charge in [-0.25, -0.2) is 0 Å². The van der Waals surface area contributed by atoms with Crippen molar-refractivity contribution in [2.75, 3.05) is 19.8 Å². The van der Waals surface area contributed by atoms with E-state index in [2.05, 4.69) is 104 Å². The van der Waals surface area contributed by atoms with Crippen LogP contribution in [0.15, 0.2) is 97.2 Å². The summed E-state index contributed by atoms with van der Waals surface area (Å²) in [5, 5.41) is 87.5. The third-order valence-corrected chi connectivity index (χ3v) is 17.0.